The standard InChI is InChI=1S/C25H22N2O4/c1-17-25(29)27-22-15-20(11-12-23(22)31-17)26-24(28)13-10-18-8-5-9-21(14-18)30-16-19-6-3-2-4-7-19/h2-15,17H,16H2,1H3,(H,26,28)(H,27,29)/b13-10+. The monoisotopic (exact) mass is 414 g/mol. The van der Waals surface area contributed by atoms with Gasteiger partial charge in [-0.25, -0.2) is 0 Å². The Labute approximate surface area is 180 Å². The third-order valence-corrected chi connectivity index (χ3v) is 4.71. The maximum absolute atomic E-state index is 12.3. The fourth-order valence-electron chi connectivity index (χ4n) is 3.09. The Morgan fingerprint density at radius 3 is 2.77 bits per heavy atom. The van der Waals surface area contributed by atoms with Crippen molar-refractivity contribution in [2.75, 3.05) is 10.6 Å². The quantitative estimate of drug-likeness (QED) is 0.576. The molecule has 0 aliphatic carbocycles. The van der Waals surface area contributed by atoms with Crippen molar-refractivity contribution < 1.29 is 19.1 Å². The fraction of sp³-hybridized carbons (Fsp3) is 0.120. The molecule has 0 bridgehead atoms. The molecule has 156 valence electrons. The summed E-state index contributed by atoms with van der Waals surface area (Å²) in [5.74, 6) is 0.802. The van der Waals surface area contributed by atoms with Crippen molar-refractivity contribution in [3.63, 3.8) is 0 Å². The van der Waals surface area contributed by atoms with Crippen molar-refractivity contribution >= 4 is 29.3 Å². The summed E-state index contributed by atoms with van der Waals surface area (Å²) in [5, 5.41) is 5.55. The number of ether oxygens (including phenoxy) is 2. The predicted molar refractivity (Wildman–Crippen MR) is 120 cm³/mol. The Balaban J connectivity index is 1.36. The minimum Gasteiger partial charge on any atom is -0.489 e. The van der Waals surface area contributed by atoms with Gasteiger partial charge in [-0.05, 0) is 54.5 Å². The average molecular weight is 414 g/mol. The Morgan fingerprint density at radius 1 is 1.10 bits per heavy atom. The Kier molecular flexibility index (Phi) is 5.98. The van der Waals surface area contributed by atoms with E-state index in [9.17, 15) is 9.59 Å². The van der Waals surface area contributed by atoms with Crippen LogP contribution in [0.15, 0.2) is 78.9 Å². The summed E-state index contributed by atoms with van der Waals surface area (Å²) in [7, 11) is 0. The number of hydrogen-bond donors (Lipinski definition) is 2. The van der Waals surface area contributed by atoms with Crippen molar-refractivity contribution in [2.45, 2.75) is 19.6 Å². The second kappa shape index (κ2) is 9.17. The number of carbonyl (C=O) groups is 2. The second-order valence-electron chi connectivity index (χ2n) is 7.13. The molecule has 6 nitrogen and oxygen atoms in total. The first-order valence-corrected chi connectivity index (χ1v) is 9.94. The molecule has 1 unspecified atom stereocenters. The molecule has 31 heavy (non-hydrogen) atoms. The molecule has 1 atom stereocenters. The number of benzene rings is 3. The van der Waals surface area contributed by atoms with E-state index in [2.05, 4.69) is 10.6 Å². The lowest BCUT2D eigenvalue weighted by Gasteiger charge is -2.23. The van der Waals surface area contributed by atoms with Crippen molar-refractivity contribution in [3.8, 4) is 11.5 Å². The smallest absolute Gasteiger partial charge is 0.265 e. The first-order valence-electron chi connectivity index (χ1n) is 9.94. The van der Waals surface area contributed by atoms with E-state index < -0.39 is 6.10 Å². The van der Waals surface area contributed by atoms with Crippen LogP contribution >= 0.6 is 0 Å². The lowest BCUT2D eigenvalue weighted by molar-refractivity contribution is -0.122. The zero-order valence-electron chi connectivity index (χ0n) is 17.0. The molecule has 0 radical (unpaired) electrons. The molecule has 1 heterocycles. The van der Waals surface area contributed by atoms with Gasteiger partial charge in [0.25, 0.3) is 5.91 Å². The van der Waals surface area contributed by atoms with Crippen molar-refractivity contribution in [2.24, 2.45) is 0 Å². The summed E-state index contributed by atoms with van der Waals surface area (Å²) in [6.45, 7) is 2.16. The second-order valence-corrected chi connectivity index (χ2v) is 7.13. The van der Waals surface area contributed by atoms with Crippen LogP contribution in [0.2, 0.25) is 0 Å². The van der Waals surface area contributed by atoms with E-state index in [0.717, 1.165) is 16.9 Å². The maximum Gasteiger partial charge on any atom is 0.265 e. The van der Waals surface area contributed by atoms with Crippen LogP contribution in [0.4, 0.5) is 11.4 Å². The Morgan fingerprint density at radius 2 is 1.94 bits per heavy atom. The number of fused-ring (bicyclic) bond motifs is 1. The Hall–Kier alpha value is -4.06. The SMILES string of the molecule is CC1Oc2ccc(NC(=O)/C=C/c3cccc(OCc4ccccc4)c3)cc2NC1=O. The zero-order valence-corrected chi connectivity index (χ0v) is 17.0. The fourth-order valence-corrected chi connectivity index (χ4v) is 3.09. The van der Waals surface area contributed by atoms with E-state index in [1.165, 1.54) is 6.08 Å². The van der Waals surface area contributed by atoms with Crippen LogP contribution in [0.25, 0.3) is 6.08 Å². The summed E-state index contributed by atoms with van der Waals surface area (Å²) in [6.07, 6.45) is 2.63. The highest BCUT2D eigenvalue weighted by molar-refractivity contribution is 6.03. The number of carbonyl (C=O) groups excluding carboxylic acids is 2. The minimum atomic E-state index is -0.539. The number of rotatable bonds is 6. The number of amides is 2. The third-order valence-electron chi connectivity index (χ3n) is 4.71. The van der Waals surface area contributed by atoms with E-state index in [-0.39, 0.29) is 11.8 Å². The lowest BCUT2D eigenvalue weighted by atomic mass is 10.2. The van der Waals surface area contributed by atoms with Crippen LogP contribution in [-0.4, -0.2) is 17.9 Å². The van der Waals surface area contributed by atoms with Gasteiger partial charge in [0.1, 0.15) is 18.1 Å². The van der Waals surface area contributed by atoms with E-state index >= 15 is 0 Å². The van der Waals surface area contributed by atoms with Gasteiger partial charge in [-0.3, -0.25) is 9.59 Å². The maximum atomic E-state index is 12.3. The van der Waals surface area contributed by atoms with Crippen molar-refractivity contribution in [3.05, 3.63) is 90.0 Å². The molecule has 1 aliphatic heterocycles. The first kappa shape index (κ1) is 20.2. The summed E-state index contributed by atoms with van der Waals surface area (Å²) < 4.78 is 11.3. The summed E-state index contributed by atoms with van der Waals surface area (Å²) >= 11 is 0. The molecule has 3 aromatic carbocycles. The van der Waals surface area contributed by atoms with E-state index in [1.807, 2.05) is 54.6 Å². The molecule has 6 heteroatoms. The third kappa shape index (κ3) is 5.30. The normalized spacial score (nSPS) is 15.0. The van der Waals surface area contributed by atoms with Gasteiger partial charge in [-0.1, -0.05) is 42.5 Å². The first-order chi connectivity index (χ1) is 15.1. The highest BCUT2D eigenvalue weighted by Crippen LogP contribution is 2.32. The van der Waals surface area contributed by atoms with Gasteiger partial charge in [0.15, 0.2) is 6.10 Å². The van der Waals surface area contributed by atoms with Gasteiger partial charge in [0.2, 0.25) is 5.91 Å². The van der Waals surface area contributed by atoms with Crippen LogP contribution in [0.3, 0.4) is 0 Å². The van der Waals surface area contributed by atoms with Crippen LogP contribution in [-0.2, 0) is 16.2 Å². The van der Waals surface area contributed by atoms with E-state index in [1.54, 1.807) is 31.2 Å². The molecule has 2 amide bonds. The number of nitrogens with one attached hydrogen (secondary N) is 2. The predicted octanol–water partition coefficient (Wildman–Crippen LogP) is 4.64. The largest absolute Gasteiger partial charge is 0.489 e. The van der Waals surface area contributed by atoms with Gasteiger partial charge in [0, 0.05) is 11.8 Å². The minimum absolute atomic E-state index is 0.217. The van der Waals surface area contributed by atoms with Gasteiger partial charge < -0.3 is 20.1 Å². The summed E-state index contributed by atoms with van der Waals surface area (Å²) in [5.41, 5.74) is 3.03. The van der Waals surface area contributed by atoms with E-state index in [4.69, 9.17) is 9.47 Å². The molecule has 3 aromatic rings. The molecular formula is C25H22N2O4. The van der Waals surface area contributed by atoms with Gasteiger partial charge in [-0.15, -0.1) is 0 Å². The van der Waals surface area contributed by atoms with Gasteiger partial charge >= 0.3 is 0 Å². The Bertz CT molecular complexity index is 1130. The molecule has 0 spiro atoms. The van der Waals surface area contributed by atoms with Gasteiger partial charge in [0.05, 0.1) is 5.69 Å². The molecule has 0 aromatic heterocycles. The summed E-state index contributed by atoms with van der Waals surface area (Å²) in [6, 6.07) is 22.6. The molecule has 1 aliphatic rings. The van der Waals surface area contributed by atoms with Crippen molar-refractivity contribution in [1.82, 2.24) is 0 Å². The summed E-state index contributed by atoms with van der Waals surface area (Å²) in [4.78, 5) is 24.1. The van der Waals surface area contributed by atoms with Gasteiger partial charge in [-0.2, -0.15) is 0 Å². The molecule has 0 fully saturated rings. The molecule has 0 saturated carbocycles. The van der Waals surface area contributed by atoms with Crippen LogP contribution in [0.1, 0.15) is 18.1 Å². The van der Waals surface area contributed by atoms with E-state index in [0.29, 0.717) is 23.7 Å². The molecule has 2 N–H and O–H groups in total. The number of anilines is 2. The highest BCUT2D eigenvalue weighted by Gasteiger charge is 2.23. The highest BCUT2D eigenvalue weighted by atomic mass is 16.5. The van der Waals surface area contributed by atoms with Crippen LogP contribution in [0.5, 0.6) is 11.5 Å². The molecule has 4 rings (SSSR count). The number of hydrogen-bond acceptors (Lipinski definition) is 4. The molecule has 0 saturated heterocycles. The zero-order chi connectivity index (χ0) is 21.6. The molecular weight excluding hydrogens is 392 g/mol. The van der Waals surface area contributed by atoms with Crippen molar-refractivity contribution in [1.29, 1.82) is 0 Å². The topological polar surface area (TPSA) is 76.7 Å². The van der Waals surface area contributed by atoms with Crippen LogP contribution < -0.4 is 20.1 Å². The lowest BCUT2D eigenvalue weighted by Crippen LogP contribution is -2.34. The average Bonchev–Trinajstić information content (AvgIpc) is 2.78. The van der Waals surface area contributed by atoms with Crippen LogP contribution in [0, 0.1) is 0 Å².